The van der Waals surface area contributed by atoms with Gasteiger partial charge in [0.1, 0.15) is 12.4 Å². The molecule has 0 radical (unpaired) electrons. The topological polar surface area (TPSA) is 64.3 Å². The second-order valence-corrected chi connectivity index (χ2v) is 9.56. The molecule has 0 bridgehead atoms. The molecule has 0 saturated heterocycles. The van der Waals surface area contributed by atoms with E-state index in [1.165, 1.54) is 11.1 Å². The van der Waals surface area contributed by atoms with E-state index in [9.17, 15) is 9.90 Å². The van der Waals surface area contributed by atoms with Crippen LogP contribution in [0.3, 0.4) is 0 Å². The summed E-state index contributed by atoms with van der Waals surface area (Å²) in [5, 5.41) is 11.9. The Hall–Kier alpha value is -4.12. The van der Waals surface area contributed by atoms with E-state index in [-0.39, 0.29) is 12.3 Å². The molecule has 0 aliphatic heterocycles. The average molecular weight is 477 g/mol. The number of aromatic nitrogens is 2. The fourth-order valence-corrected chi connectivity index (χ4v) is 5.66. The van der Waals surface area contributed by atoms with E-state index in [0.717, 1.165) is 58.2 Å². The van der Waals surface area contributed by atoms with E-state index in [0.29, 0.717) is 13.2 Å². The maximum absolute atomic E-state index is 11.7. The van der Waals surface area contributed by atoms with Crippen molar-refractivity contribution in [3.8, 4) is 5.75 Å². The van der Waals surface area contributed by atoms with Crippen LogP contribution in [0.25, 0.3) is 21.8 Å². The van der Waals surface area contributed by atoms with Gasteiger partial charge in [-0.25, -0.2) is 4.98 Å². The van der Waals surface area contributed by atoms with Crippen molar-refractivity contribution in [3.63, 3.8) is 0 Å². The zero-order chi connectivity index (χ0) is 24.5. The fraction of sp³-hybridized carbons (Fsp3) is 0.226. The predicted molar refractivity (Wildman–Crippen MR) is 141 cm³/mol. The van der Waals surface area contributed by atoms with Crippen LogP contribution in [0.2, 0.25) is 0 Å². The molecule has 1 aliphatic carbocycles. The van der Waals surface area contributed by atoms with Crippen molar-refractivity contribution in [1.82, 2.24) is 9.55 Å². The van der Waals surface area contributed by atoms with E-state index in [1.54, 1.807) is 0 Å². The summed E-state index contributed by atoms with van der Waals surface area (Å²) in [6, 6.07) is 28.7. The van der Waals surface area contributed by atoms with Crippen LogP contribution in [0.4, 0.5) is 0 Å². The lowest BCUT2D eigenvalue weighted by Crippen LogP contribution is -2.17. The lowest BCUT2D eigenvalue weighted by atomic mass is 9.84. The van der Waals surface area contributed by atoms with Gasteiger partial charge in [-0.3, -0.25) is 4.79 Å². The number of nitrogens with zero attached hydrogens (tertiary/aromatic N) is 2. The van der Waals surface area contributed by atoms with E-state index >= 15 is 0 Å². The molecule has 1 unspecified atom stereocenters. The first-order valence-electron chi connectivity index (χ1n) is 12.5. The summed E-state index contributed by atoms with van der Waals surface area (Å²) in [5.41, 5.74) is 6.53. The molecule has 5 nitrogen and oxygen atoms in total. The highest BCUT2D eigenvalue weighted by molar-refractivity contribution is 5.92. The van der Waals surface area contributed by atoms with Gasteiger partial charge in [0.15, 0.2) is 0 Å². The smallest absolute Gasteiger partial charge is 0.304 e. The van der Waals surface area contributed by atoms with Gasteiger partial charge in [0, 0.05) is 28.9 Å². The molecule has 1 aliphatic rings. The number of aryl methyl sites for hydroxylation is 1. The van der Waals surface area contributed by atoms with Crippen molar-refractivity contribution in [2.45, 2.75) is 44.8 Å². The van der Waals surface area contributed by atoms with E-state index in [4.69, 9.17) is 9.72 Å². The van der Waals surface area contributed by atoms with Crippen molar-refractivity contribution in [3.05, 3.63) is 107 Å². The molecule has 0 saturated carbocycles. The molecule has 2 heterocycles. The monoisotopic (exact) mass is 476 g/mol. The number of aliphatic carboxylic acids is 1. The average Bonchev–Trinajstić information content (AvgIpc) is 3.22. The summed E-state index contributed by atoms with van der Waals surface area (Å²) in [6.07, 6.45) is 2.95. The first-order chi connectivity index (χ1) is 17.7. The zero-order valence-corrected chi connectivity index (χ0v) is 20.1. The van der Waals surface area contributed by atoms with E-state index < -0.39 is 5.97 Å². The largest absolute Gasteiger partial charge is 0.487 e. The molecule has 180 valence electrons. The molecule has 36 heavy (non-hydrogen) atoms. The van der Waals surface area contributed by atoms with Crippen LogP contribution in [0.15, 0.2) is 84.9 Å². The molecule has 3 aromatic carbocycles. The van der Waals surface area contributed by atoms with Crippen LogP contribution in [0.5, 0.6) is 5.75 Å². The maximum Gasteiger partial charge on any atom is 0.304 e. The van der Waals surface area contributed by atoms with Crippen LogP contribution in [0.1, 0.15) is 47.7 Å². The van der Waals surface area contributed by atoms with Gasteiger partial charge in [-0.15, -0.1) is 0 Å². The fourth-order valence-electron chi connectivity index (χ4n) is 5.66. The summed E-state index contributed by atoms with van der Waals surface area (Å²) in [5.74, 6) is 0.0853. The molecule has 5 heteroatoms. The van der Waals surface area contributed by atoms with Gasteiger partial charge in [0.05, 0.1) is 23.1 Å². The molecule has 5 aromatic rings. The number of carboxylic acids is 1. The number of fused-ring (bicyclic) bond motifs is 4. The van der Waals surface area contributed by atoms with Crippen molar-refractivity contribution in [2.24, 2.45) is 0 Å². The Morgan fingerprint density at radius 2 is 1.81 bits per heavy atom. The van der Waals surface area contributed by atoms with Crippen molar-refractivity contribution in [1.29, 1.82) is 0 Å². The van der Waals surface area contributed by atoms with Crippen LogP contribution in [0, 0.1) is 0 Å². The summed E-state index contributed by atoms with van der Waals surface area (Å²) in [6.45, 7) is 1.08. The lowest BCUT2D eigenvalue weighted by Gasteiger charge is -2.24. The molecule has 1 atom stereocenters. The summed E-state index contributed by atoms with van der Waals surface area (Å²) in [7, 11) is 0. The summed E-state index contributed by atoms with van der Waals surface area (Å²) in [4.78, 5) is 16.5. The molecule has 0 fully saturated rings. The van der Waals surface area contributed by atoms with Crippen LogP contribution >= 0.6 is 0 Å². The number of carbonyl (C=O) groups is 1. The molecule has 6 rings (SSSR count). The molecule has 0 amide bonds. The Morgan fingerprint density at radius 3 is 2.67 bits per heavy atom. The number of para-hydroxylation sites is 1. The summed E-state index contributed by atoms with van der Waals surface area (Å²) < 4.78 is 8.74. The first kappa shape index (κ1) is 22.4. The van der Waals surface area contributed by atoms with Crippen LogP contribution in [-0.2, 0) is 24.4 Å². The number of hydrogen-bond acceptors (Lipinski definition) is 3. The first-order valence-corrected chi connectivity index (χ1v) is 12.5. The molecular weight excluding hydrogens is 448 g/mol. The predicted octanol–water partition coefficient (Wildman–Crippen LogP) is 6.71. The molecule has 1 N–H and O–H groups in total. The van der Waals surface area contributed by atoms with Crippen molar-refractivity contribution >= 4 is 27.8 Å². The second kappa shape index (κ2) is 9.50. The Kier molecular flexibility index (Phi) is 5.90. The minimum atomic E-state index is -0.747. The zero-order valence-electron chi connectivity index (χ0n) is 20.1. The summed E-state index contributed by atoms with van der Waals surface area (Å²) >= 11 is 0. The molecule has 0 spiro atoms. The number of rotatable bonds is 7. The highest BCUT2D eigenvalue weighted by Crippen LogP contribution is 2.43. The van der Waals surface area contributed by atoms with E-state index in [2.05, 4.69) is 34.9 Å². The Bertz CT molecular complexity index is 1560. The Morgan fingerprint density at radius 1 is 0.972 bits per heavy atom. The molecular formula is C31H28N2O3. The number of pyridine rings is 1. The van der Waals surface area contributed by atoms with Gasteiger partial charge in [-0.2, -0.15) is 0 Å². The minimum absolute atomic E-state index is 0.00244. The lowest BCUT2D eigenvalue weighted by molar-refractivity contribution is -0.137. The van der Waals surface area contributed by atoms with E-state index in [1.807, 2.05) is 54.6 Å². The Balaban J connectivity index is 1.42. The SMILES string of the molecule is O=C(O)CC1CCCc2c1n(Cc1ccccc1)c1cccc(OCc3ccc4ccccc4n3)c21. The third-order valence-electron chi connectivity index (χ3n) is 7.20. The minimum Gasteiger partial charge on any atom is -0.487 e. The van der Waals surface area contributed by atoms with Crippen LogP contribution in [-0.4, -0.2) is 20.6 Å². The third-order valence-corrected chi connectivity index (χ3v) is 7.20. The second-order valence-electron chi connectivity index (χ2n) is 9.56. The van der Waals surface area contributed by atoms with Gasteiger partial charge >= 0.3 is 5.97 Å². The highest BCUT2D eigenvalue weighted by Gasteiger charge is 2.30. The number of benzene rings is 3. The van der Waals surface area contributed by atoms with Gasteiger partial charge in [-0.05, 0) is 54.7 Å². The quantitative estimate of drug-likeness (QED) is 0.283. The van der Waals surface area contributed by atoms with Gasteiger partial charge in [-0.1, -0.05) is 60.7 Å². The number of ether oxygens (including phenoxy) is 1. The number of carboxylic acid groups (broad SMARTS) is 1. The third kappa shape index (κ3) is 4.22. The normalized spacial score (nSPS) is 15.2. The highest BCUT2D eigenvalue weighted by atomic mass is 16.5. The maximum atomic E-state index is 11.7. The van der Waals surface area contributed by atoms with Crippen molar-refractivity contribution in [2.75, 3.05) is 0 Å². The number of hydrogen-bond donors (Lipinski definition) is 1. The van der Waals surface area contributed by atoms with Crippen LogP contribution < -0.4 is 4.74 Å². The van der Waals surface area contributed by atoms with Gasteiger partial charge in [0.25, 0.3) is 0 Å². The van der Waals surface area contributed by atoms with Gasteiger partial charge in [0.2, 0.25) is 0 Å². The molecule has 2 aromatic heterocycles. The van der Waals surface area contributed by atoms with Crippen molar-refractivity contribution < 1.29 is 14.6 Å². The Labute approximate surface area is 210 Å². The van der Waals surface area contributed by atoms with Gasteiger partial charge < -0.3 is 14.4 Å². The standard InChI is InChI=1S/C31H28N2O3/c34-29(35)18-23-11-6-12-25-30-27(33(31(23)25)19-21-8-2-1-3-9-21)14-7-15-28(30)36-20-24-17-16-22-10-4-5-13-26(22)32-24/h1-5,7-10,13-17,23H,6,11-12,18-20H2,(H,34,35).